The number of anilines is 1. The van der Waals surface area contributed by atoms with Crippen molar-refractivity contribution in [1.82, 2.24) is 14.8 Å². The summed E-state index contributed by atoms with van der Waals surface area (Å²) in [6.07, 6.45) is -2.15. The van der Waals surface area contributed by atoms with Crippen LogP contribution < -0.4 is 5.32 Å². The van der Waals surface area contributed by atoms with Gasteiger partial charge < -0.3 is 20.2 Å². The number of carbonyl (C=O) groups excluding carboxylic acids is 1. The Morgan fingerprint density at radius 3 is 2.74 bits per heavy atom. The maximum atomic E-state index is 14.5. The van der Waals surface area contributed by atoms with Gasteiger partial charge in [0.25, 0.3) is 0 Å². The van der Waals surface area contributed by atoms with E-state index in [0.29, 0.717) is 37.6 Å². The lowest BCUT2D eigenvalue weighted by atomic mass is 9.99. The average Bonchev–Trinajstić information content (AvgIpc) is 3.17. The van der Waals surface area contributed by atoms with Gasteiger partial charge in [-0.05, 0) is 55.5 Å². The number of fused-ring (bicyclic) bond motifs is 1. The molecule has 2 amide bonds. The van der Waals surface area contributed by atoms with E-state index in [-0.39, 0.29) is 13.1 Å². The number of rotatable bonds is 8. The van der Waals surface area contributed by atoms with Crippen LogP contribution in [0.3, 0.4) is 0 Å². The first-order valence-corrected chi connectivity index (χ1v) is 11.5. The second-order valence-electron chi connectivity index (χ2n) is 8.75. The number of nitrogens with zero attached hydrogens (tertiary/aromatic N) is 3. The topological polar surface area (TPSA) is 85.8 Å². The van der Waals surface area contributed by atoms with Crippen LogP contribution >= 0.6 is 0 Å². The van der Waals surface area contributed by atoms with Crippen LogP contribution in [0.2, 0.25) is 0 Å². The molecule has 0 unspecified atom stereocenters. The Balaban J connectivity index is 1.44. The highest BCUT2D eigenvalue weighted by Gasteiger charge is 2.38. The summed E-state index contributed by atoms with van der Waals surface area (Å²) in [5.41, 5.74) is 0.510. The lowest BCUT2D eigenvalue weighted by molar-refractivity contribution is -0.138. The van der Waals surface area contributed by atoms with E-state index in [2.05, 4.69) is 10.3 Å². The molecule has 7 nitrogen and oxygen atoms in total. The predicted molar refractivity (Wildman–Crippen MR) is 119 cm³/mol. The van der Waals surface area contributed by atoms with Gasteiger partial charge in [-0.15, -0.1) is 0 Å². The van der Waals surface area contributed by atoms with Gasteiger partial charge in [-0.25, -0.2) is 14.2 Å². The van der Waals surface area contributed by atoms with Gasteiger partial charge in [-0.3, -0.25) is 4.79 Å². The third-order valence-corrected chi connectivity index (χ3v) is 6.37. The maximum absolute atomic E-state index is 14.5. The largest absolute Gasteiger partial charge is 0.481 e. The first kappa shape index (κ1) is 24.7. The smallest absolute Gasteiger partial charge is 0.416 e. The number of carboxylic acid groups (broad SMARTS) is 1. The summed E-state index contributed by atoms with van der Waals surface area (Å²) in [6.45, 7) is 1.61. The van der Waals surface area contributed by atoms with Gasteiger partial charge in [0.2, 0.25) is 0 Å². The van der Waals surface area contributed by atoms with E-state index >= 15 is 0 Å². The Morgan fingerprint density at radius 2 is 2.00 bits per heavy atom. The number of hydrogen-bond acceptors (Lipinski definition) is 4. The highest BCUT2D eigenvalue weighted by molar-refractivity contribution is 5.78. The Bertz CT molecular complexity index is 1110. The minimum Gasteiger partial charge on any atom is -0.481 e. The zero-order valence-electron chi connectivity index (χ0n) is 18.9. The molecular weight excluding hydrogens is 468 g/mol. The first-order valence-electron chi connectivity index (χ1n) is 11.5. The van der Waals surface area contributed by atoms with Crippen LogP contribution in [0.15, 0.2) is 30.3 Å². The fraction of sp³-hybridized carbons (Fsp3) is 0.458. The van der Waals surface area contributed by atoms with Crippen LogP contribution in [0, 0.1) is 5.82 Å². The number of aromatic nitrogens is 1. The van der Waals surface area contributed by atoms with E-state index in [4.69, 9.17) is 0 Å². The molecule has 1 fully saturated rings. The van der Waals surface area contributed by atoms with Crippen molar-refractivity contribution < 1.29 is 32.3 Å². The molecule has 4 rings (SSSR count). The summed E-state index contributed by atoms with van der Waals surface area (Å²) < 4.78 is 54.1. The average molecular weight is 494 g/mol. The van der Waals surface area contributed by atoms with E-state index in [1.165, 1.54) is 10.5 Å². The number of amides is 2. The molecule has 0 bridgehead atoms. The quantitative estimate of drug-likeness (QED) is 0.529. The van der Waals surface area contributed by atoms with Crippen LogP contribution in [-0.2, 0) is 23.8 Å². The molecule has 2 aliphatic heterocycles. The molecule has 35 heavy (non-hydrogen) atoms. The number of aryl methyl sites for hydroxylation is 2. The number of carboxylic acids is 1. The van der Waals surface area contributed by atoms with Crippen molar-refractivity contribution in [1.29, 1.82) is 0 Å². The van der Waals surface area contributed by atoms with Crippen molar-refractivity contribution in [3.8, 4) is 0 Å². The molecule has 1 aromatic carbocycles. The summed E-state index contributed by atoms with van der Waals surface area (Å²) in [5, 5.41) is 12.6. The highest BCUT2D eigenvalue weighted by Crippen LogP contribution is 2.35. The molecule has 0 aliphatic carbocycles. The normalized spacial score (nSPS) is 16.7. The minimum atomic E-state index is -4.72. The molecule has 1 aromatic heterocycles. The molecule has 0 spiro atoms. The number of nitrogens with one attached hydrogen (secondary N) is 1. The van der Waals surface area contributed by atoms with Crippen LogP contribution in [-0.4, -0.2) is 58.1 Å². The number of benzene rings is 1. The highest BCUT2D eigenvalue weighted by atomic mass is 19.4. The lowest BCUT2D eigenvalue weighted by Gasteiger charge is -2.28. The van der Waals surface area contributed by atoms with E-state index in [1.54, 1.807) is 0 Å². The third-order valence-electron chi connectivity index (χ3n) is 6.37. The van der Waals surface area contributed by atoms with Crippen molar-refractivity contribution in [2.75, 3.05) is 31.5 Å². The van der Waals surface area contributed by atoms with Gasteiger partial charge in [0.15, 0.2) is 0 Å². The fourth-order valence-corrected chi connectivity index (χ4v) is 4.59. The number of pyridine rings is 1. The number of alkyl halides is 3. The lowest BCUT2D eigenvalue weighted by Crippen LogP contribution is -2.36. The predicted octanol–water partition coefficient (Wildman–Crippen LogP) is 4.48. The van der Waals surface area contributed by atoms with Crippen molar-refractivity contribution >= 4 is 17.8 Å². The number of aliphatic carboxylic acids is 1. The third kappa shape index (κ3) is 5.66. The second-order valence-corrected chi connectivity index (χ2v) is 8.75. The Morgan fingerprint density at radius 1 is 1.20 bits per heavy atom. The van der Waals surface area contributed by atoms with E-state index in [1.807, 2.05) is 12.1 Å². The van der Waals surface area contributed by atoms with Gasteiger partial charge in [0.05, 0.1) is 18.0 Å². The molecule has 188 valence electrons. The van der Waals surface area contributed by atoms with Gasteiger partial charge in [0, 0.05) is 37.4 Å². The van der Waals surface area contributed by atoms with Crippen LogP contribution in [0.25, 0.3) is 0 Å². The van der Waals surface area contributed by atoms with Crippen LogP contribution in [0.5, 0.6) is 0 Å². The van der Waals surface area contributed by atoms with Crippen molar-refractivity contribution in [3.05, 3.63) is 58.5 Å². The molecule has 11 heteroatoms. The number of urea groups is 1. The Kier molecular flexibility index (Phi) is 7.13. The number of carbonyl (C=O) groups is 2. The number of halogens is 4. The zero-order valence-corrected chi connectivity index (χ0v) is 18.9. The molecule has 2 N–H and O–H groups in total. The van der Waals surface area contributed by atoms with Gasteiger partial charge in [-0.2, -0.15) is 13.2 Å². The summed E-state index contributed by atoms with van der Waals surface area (Å²) in [4.78, 5) is 31.7. The van der Waals surface area contributed by atoms with Crippen LogP contribution in [0.4, 0.5) is 28.2 Å². The van der Waals surface area contributed by atoms with Crippen molar-refractivity contribution in [2.45, 2.75) is 44.3 Å². The van der Waals surface area contributed by atoms with Crippen molar-refractivity contribution in [2.24, 2.45) is 0 Å². The summed E-state index contributed by atoms with van der Waals surface area (Å²) >= 11 is 0. The summed E-state index contributed by atoms with van der Waals surface area (Å²) in [6, 6.07) is 3.99. The zero-order chi connectivity index (χ0) is 25.2. The molecular formula is C24H26F4N4O3. The molecule has 0 radical (unpaired) electrons. The standard InChI is InChI=1S/C24H26F4N4O3/c25-19-8-6-16(24(26,27)28)13-18(19)20(14-21(33)34)32-12-11-31(23(32)35)10-2-4-17-7-5-15-3-1-9-29-22(15)30-17/h5-8,13,20H,1-4,9-12,14H2,(H,29,30)(H,33,34)/t20-/m0/s1. The molecule has 0 saturated carbocycles. The minimum absolute atomic E-state index is 0.0908. The summed E-state index contributed by atoms with van der Waals surface area (Å²) in [5.74, 6) is -1.44. The monoisotopic (exact) mass is 494 g/mol. The van der Waals surface area contributed by atoms with Crippen molar-refractivity contribution in [3.63, 3.8) is 0 Å². The molecule has 1 saturated heterocycles. The maximum Gasteiger partial charge on any atom is 0.416 e. The molecule has 2 aromatic rings. The fourth-order valence-electron chi connectivity index (χ4n) is 4.59. The Hall–Kier alpha value is -3.37. The Labute approximate surface area is 199 Å². The SMILES string of the molecule is O=C(O)C[C@@H](c1cc(C(F)(F)F)ccc1F)N1CCN(CCCc2ccc3c(n2)NCCC3)C1=O. The number of hydrogen-bond donors (Lipinski definition) is 2. The first-order chi connectivity index (χ1) is 16.6. The van der Waals surface area contributed by atoms with Gasteiger partial charge in [0.1, 0.15) is 11.6 Å². The molecule has 2 aliphatic rings. The van der Waals surface area contributed by atoms with Gasteiger partial charge in [-0.1, -0.05) is 6.07 Å². The second kappa shape index (κ2) is 10.1. The summed E-state index contributed by atoms with van der Waals surface area (Å²) in [7, 11) is 0. The van der Waals surface area contributed by atoms with E-state index in [9.17, 15) is 32.3 Å². The van der Waals surface area contributed by atoms with E-state index < -0.39 is 47.6 Å². The van der Waals surface area contributed by atoms with Gasteiger partial charge >= 0.3 is 18.2 Å². The molecule has 3 heterocycles. The van der Waals surface area contributed by atoms with Crippen LogP contribution in [0.1, 0.15) is 47.7 Å². The molecule has 1 atom stereocenters. The van der Waals surface area contributed by atoms with E-state index in [0.717, 1.165) is 35.8 Å².